The van der Waals surface area contributed by atoms with Crippen molar-refractivity contribution in [2.45, 2.75) is 45.3 Å². The Morgan fingerprint density at radius 2 is 2.29 bits per heavy atom. The van der Waals surface area contributed by atoms with Gasteiger partial charge in [0.2, 0.25) is 0 Å². The lowest BCUT2D eigenvalue weighted by atomic mass is 10.2. The van der Waals surface area contributed by atoms with Crippen LogP contribution in [-0.4, -0.2) is 53.6 Å². The van der Waals surface area contributed by atoms with Crippen LogP contribution in [0, 0.1) is 0 Å². The lowest BCUT2D eigenvalue weighted by molar-refractivity contribution is -0.153. The third kappa shape index (κ3) is 3.83. The third-order valence-electron chi connectivity index (χ3n) is 4.06. The molecule has 6 heteroatoms. The van der Waals surface area contributed by atoms with E-state index >= 15 is 0 Å². The van der Waals surface area contributed by atoms with Gasteiger partial charge in [0, 0.05) is 19.3 Å². The van der Waals surface area contributed by atoms with E-state index in [-0.39, 0.29) is 12.0 Å². The van der Waals surface area contributed by atoms with E-state index in [0.717, 1.165) is 25.1 Å². The Hall–Kier alpha value is -1.40. The molecule has 1 unspecified atom stereocenters. The summed E-state index contributed by atoms with van der Waals surface area (Å²) in [5, 5.41) is 4.65. The topological polar surface area (TPSA) is 56.6 Å². The number of hydrogen-bond donors (Lipinski definition) is 0. The molecule has 118 valence electrons. The van der Waals surface area contributed by atoms with Crippen LogP contribution in [0.3, 0.4) is 0 Å². The van der Waals surface area contributed by atoms with Crippen LogP contribution in [0.1, 0.15) is 38.4 Å². The number of carbonyl (C=O) groups excluding carboxylic acids is 1. The highest BCUT2D eigenvalue weighted by molar-refractivity contribution is 5.75. The molecule has 1 aliphatic heterocycles. The molecule has 1 saturated heterocycles. The Bertz CT molecular complexity index is 457. The summed E-state index contributed by atoms with van der Waals surface area (Å²) >= 11 is 0. The van der Waals surface area contributed by atoms with Crippen molar-refractivity contribution in [2.75, 3.05) is 26.9 Å². The minimum atomic E-state index is -0.331. The van der Waals surface area contributed by atoms with E-state index in [1.807, 2.05) is 16.9 Å². The molecule has 0 amide bonds. The highest BCUT2D eigenvalue weighted by Gasteiger charge is 2.30. The van der Waals surface area contributed by atoms with E-state index in [0.29, 0.717) is 25.8 Å². The average molecular weight is 295 g/mol. The molecule has 0 N–H and O–H groups in total. The molecule has 0 bridgehead atoms. The zero-order chi connectivity index (χ0) is 15.2. The standard InChI is InChI=1S/C15H25N3O3/c1-4-13(5-2)18-7-6-12(16-18)10-17-8-9-21-11-14(17)15(19)20-3/h6-7,13-14H,4-5,8-11H2,1-3H3. The van der Waals surface area contributed by atoms with Crippen molar-refractivity contribution in [3.63, 3.8) is 0 Å². The van der Waals surface area contributed by atoms with E-state index in [1.165, 1.54) is 7.11 Å². The second-order valence-corrected chi connectivity index (χ2v) is 5.34. The van der Waals surface area contributed by atoms with Crippen LogP contribution >= 0.6 is 0 Å². The number of hydrogen-bond acceptors (Lipinski definition) is 5. The molecule has 1 aromatic heterocycles. The van der Waals surface area contributed by atoms with Crippen LogP contribution in [0.15, 0.2) is 12.3 Å². The average Bonchev–Trinajstić information content (AvgIpc) is 2.97. The lowest BCUT2D eigenvalue weighted by Gasteiger charge is -2.32. The van der Waals surface area contributed by atoms with Gasteiger partial charge in [-0.1, -0.05) is 13.8 Å². The summed E-state index contributed by atoms with van der Waals surface area (Å²) in [4.78, 5) is 13.9. The number of carbonyl (C=O) groups is 1. The second kappa shape index (κ2) is 7.56. The first kappa shape index (κ1) is 16.0. The molecule has 1 atom stereocenters. The van der Waals surface area contributed by atoms with Crippen LogP contribution < -0.4 is 0 Å². The molecule has 0 aliphatic carbocycles. The summed E-state index contributed by atoms with van der Waals surface area (Å²) in [5.41, 5.74) is 0.984. The first-order valence-corrected chi connectivity index (χ1v) is 7.63. The van der Waals surface area contributed by atoms with Crippen LogP contribution in [-0.2, 0) is 20.8 Å². The highest BCUT2D eigenvalue weighted by Crippen LogP contribution is 2.17. The summed E-state index contributed by atoms with van der Waals surface area (Å²) in [6.07, 6.45) is 4.17. The van der Waals surface area contributed by atoms with E-state index in [9.17, 15) is 4.79 Å². The number of aromatic nitrogens is 2. The fourth-order valence-corrected chi connectivity index (χ4v) is 2.72. The fraction of sp³-hybridized carbons (Fsp3) is 0.733. The van der Waals surface area contributed by atoms with Gasteiger partial charge in [0.1, 0.15) is 6.04 Å². The van der Waals surface area contributed by atoms with Gasteiger partial charge in [-0.3, -0.25) is 14.4 Å². The predicted octanol–water partition coefficient (Wildman–Crippen LogP) is 1.62. The number of methoxy groups -OCH3 is 1. The van der Waals surface area contributed by atoms with Crippen LogP contribution in [0.2, 0.25) is 0 Å². The van der Waals surface area contributed by atoms with Gasteiger partial charge < -0.3 is 9.47 Å². The maximum absolute atomic E-state index is 11.8. The molecule has 6 nitrogen and oxygen atoms in total. The summed E-state index contributed by atoms with van der Waals surface area (Å²) in [5.74, 6) is -0.242. The van der Waals surface area contributed by atoms with Gasteiger partial charge in [0.15, 0.2) is 0 Å². The normalized spacial score (nSPS) is 19.9. The SMILES string of the molecule is CCC(CC)n1ccc(CN2CCOCC2C(=O)OC)n1. The number of nitrogens with zero attached hydrogens (tertiary/aromatic N) is 3. The molecule has 2 rings (SSSR count). The molecule has 21 heavy (non-hydrogen) atoms. The lowest BCUT2D eigenvalue weighted by Crippen LogP contribution is -2.49. The molecule has 2 heterocycles. The van der Waals surface area contributed by atoms with E-state index in [4.69, 9.17) is 9.47 Å². The van der Waals surface area contributed by atoms with Gasteiger partial charge in [0.25, 0.3) is 0 Å². The molecule has 0 aromatic carbocycles. The van der Waals surface area contributed by atoms with Crippen molar-refractivity contribution in [1.82, 2.24) is 14.7 Å². The molecule has 0 spiro atoms. The first-order valence-electron chi connectivity index (χ1n) is 7.63. The Balaban J connectivity index is 2.04. The van der Waals surface area contributed by atoms with Crippen LogP contribution in [0.4, 0.5) is 0 Å². The quantitative estimate of drug-likeness (QED) is 0.746. The molecular weight excluding hydrogens is 270 g/mol. The van der Waals surface area contributed by atoms with Crippen molar-refractivity contribution < 1.29 is 14.3 Å². The largest absolute Gasteiger partial charge is 0.468 e. The van der Waals surface area contributed by atoms with Crippen LogP contribution in [0.25, 0.3) is 0 Å². The summed E-state index contributed by atoms with van der Waals surface area (Å²) in [6.45, 7) is 6.74. The molecule has 0 saturated carbocycles. The van der Waals surface area contributed by atoms with Gasteiger partial charge in [-0.05, 0) is 18.9 Å². The minimum Gasteiger partial charge on any atom is -0.468 e. The van der Waals surface area contributed by atoms with Crippen molar-refractivity contribution in [1.29, 1.82) is 0 Å². The highest BCUT2D eigenvalue weighted by atomic mass is 16.5. The van der Waals surface area contributed by atoms with Gasteiger partial charge in [-0.25, -0.2) is 0 Å². The van der Waals surface area contributed by atoms with Crippen molar-refractivity contribution in [3.8, 4) is 0 Å². The van der Waals surface area contributed by atoms with E-state index < -0.39 is 0 Å². The maximum atomic E-state index is 11.8. The van der Waals surface area contributed by atoms with Crippen molar-refractivity contribution >= 4 is 5.97 Å². The summed E-state index contributed by atoms with van der Waals surface area (Å²) < 4.78 is 12.3. The molecule has 1 fully saturated rings. The smallest absolute Gasteiger partial charge is 0.325 e. The number of rotatable bonds is 6. The summed E-state index contributed by atoms with van der Waals surface area (Å²) in [7, 11) is 1.41. The molecular formula is C15H25N3O3. The van der Waals surface area contributed by atoms with E-state index in [1.54, 1.807) is 0 Å². The Labute approximate surface area is 126 Å². The van der Waals surface area contributed by atoms with Crippen molar-refractivity contribution in [3.05, 3.63) is 18.0 Å². The Kier molecular flexibility index (Phi) is 5.76. The molecule has 0 radical (unpaired) electrons. The zero-order valence-corrected chi connectivity index (χ0v) is 13.1. The number of ether oxygens (including phenoxy) is 2. The van der Waals surface area contributed by atoms with E-state index in [2.05, 4.69) is 23.8 Å². The number of morpholine rings is 1. The van der Waals surface area contributed by atoms with Gasteiger partial charge in [-0.15, -0.1) is 0 Å². The van der Waals surface area contributed by atoms with Gasteiger partial charge in [0.05, 0.1) is 32.1 Å². The fourth-order valence-electron chi connectivity index (χ4n) is 2.72. The molecule has 1 aromatic rings. The van der Waals surface area contributed by atoms with Crippen LogP contribution in [0.5, 0.6) is 0 Å². The minimum absolute atomic E-state index is 0.242. The zero-order valence-electron chi connectivity index (χ0n) is 13.1. The monoisotopic (exact) mass is 295 g/mol. The Morgan fingerprint density at radius 1 is 1.52 bits per heavy atom. The maximum Gasteiger partial charge on any atom is 0.325 e. The summed E-state index contributed by atoms with van der Waals surface area (Å²) in [6, 6.07) is 2.14. The Morgan fingerprint density at radius 3 is 2.95 bits per heavy atom. The second-order valence-electron chi connectivity index (χ2n) is 5.34. The molecule has 1 aliphatic rings. The number of esters is 1. The third-order valence-corrected chi connectivity index (χ3v) is 4.06. The van der Waals surface area contributed by atoms with Gasteiger partial charge >= 0.3 is 5.97 Å². The predicted molar refractivity (Wildman–Crippen MR) is 78.9 cm³/mol. The first-order chi connectivity index (χ1) is 10.2. The van der Waals surface area contributed by atoms with Crippen molar-refractivity contribution in [2.24, 2.45) is 0 Å². The van der Waals surface area contributed by atoms with Gasteiger partial charge in [-0.2, -0.15) is 5.10 Å².